The maximum atomic E-state index is 15.6. The molecule has 3 aromatic heterocycles. The third-order valence-corrected chi connectivity index (χ3v) is 7.91. The van der Waals surface area contributed by atoms with E-state index in [1.807, 2.05) is 26.1 Å². The highest BCUT2D eigenvalue weighted by Crippen LogP contribution is 2.34. The fraction of sp³-hybridized carbons (Fsp3) is 0.484. The predicted octanol–water partition coefficient (Wildman–Crippen LogP) is 4.23. The quantitative estimate of drug-likeness (QED) is 0.323. The number of aryl methyl sites for hydroxylation is 1. The molecule has 13 nitrogen and oxygen atoms in total. The van der Waals surface area contributed by atoms with E-state index in [9.17, 15) is 9.59 Å². The number of aromatic nitrogens is 6. The zero-order valence-electron chi connectivity index (χ0n) is 28.6. The first-order chi connectivity index (χ1) is 22.6. The number of benzene rings is 1. The zero-order valence-corrected chi connectivity index (χ0v) is 25.6. The van der Waals surface area contributed by atoms with Gasteiger partial charge in [0.05, 0.1) is 36.6 Å². The van der Waals surface area contributed by atoms with Crippen molar-refractivity contribution in [3.05, 3.63) is 47.7 Å². The molecule has 0 saturated carbocycles. The first-order valence-electron chi connectivity index (χ1n) is 16.4. The van der Waals surface area contributed by atoms with Crippen molar-refractivity contribution in [2.75, 3.05) is 38.6 Å². The van der Waals surface area contributed by atoms with Gasteiger partial charge in [0.15, 0.2) is 5.65 Å². The average molecular weight is 623 g/mol. The van der Waals surface area contributed by atoms with Gasteiger partial charge in [-0.25, -0.2) is 18.7 Å². The van der Waals surface area contributed by atoms with Gasteiger partial charge in [-0.15, -0.1) is 0 Å². The van der Waals surface area contributed by atoms with Crippen molar-refractivity contribution in [2.24, 2.45) is 0 Å². The Kier molecular flexibility index (Phi) is 7.18. The van der Waals surface area contributed by atoms with E-state index in [0.717, 1.165) is 6.42 Å². The smallest absolute Gasteiger partial charge is 0.410 e. The van der Waals surface area contributed by atoms with Crippen LogP contribution in [0, 0.1) is 12.7 Å². The highest BCUT2D eigenvalue weighted by atomic mass is 19.1. The molecule has 4 aromatic rings. The largest absolute Gasteiger partial charge is 0.444 e. The molecule has 2 amide bonds. The summed E-state index contributed by atoms with van der Waals surface area (Å²) in [6.07, 6.45) is 6.58. The van der Waals surface area contributed by atoms with E-state index in [1.54, 1.807) is 22.1 Å². The van der Waals surface area contributed by atoms with Gasteiger partial charge in [-0.2, -0.15) is 20.1 Å². The second-order valence-electron chi connectivity index (χ2n) is 12.4. The van der Waals surface area contributed by atoms with Gasteiger partial charge in [0.1, 0.15) is 22.9 Å². The first kappa shape index (κ1) is 26.8. The molecular weight excluding hydrogens is 581 g/mol. The third-order valence-electron chi connectivity index (χ3n) is 7.91. The Morgan fingerprint density at radius 2 is 1.91 bits per heavy atom. The van der Waals surface area contributed by atoms with E-state index >= 15 is 4.39 Å². The van der Waals surface area contributed by atoms with E-state index in [-0.39, 0.29) is 34.9 Å². The van der Waals surface area contributed by atoms with E-state index in [1.165, 1.54) is 29.8 Å². The summed E-state index contributed by atoms with van der Waals surface area (Å²) >= 11 is 0. The van der Waals surface area contributed by atoms with E-state index in [0.29, 0.717) is 67.4 Å². The lowest BCUT2D eigenvalue weighted by Crippen LogP contribution is -2.42. The third kappa shape index (κ3) is 6.32. The Balaban J connectivity index is 1.32. The number of hydrogen-bond acceptors (Lipinski definition) is 9. The van der Waals surface area contributed by atoms with Crippen molar-refractivity contribution in [3.63, 3.8) is 0 Å². The molecule has 5 heterocycles. The lowest BCUT2D eigenvalue weighted by molar-refractivity contribution is 0.0180. The highest BCUT2D eigenvalue weighted by molar-refractivity contribution is 5.96. The number of halogens is 1. The van der Waals surface area contributed by atoms with Gasteiger partial charge in [0.25, 0.3) is 5.91 Å². The molecule has 0 spiro atoms. The van der Waals surface area contributed by atoms with Crippen LogP contribution in [0.2, 0.25) is 0 Å². The number of ether oxygens (including phenoxy) is 2. The number of carbonyl (C=O) groups excluding carboxylic acids is 2. The molecule has 2 N–H and O–H groups in total. The van der Waals surface area contributed by atoms with Crippen LogP contribution >= 0.6 is 0 Å². The van der Waals surface area contributed by atoms with Crippen LogP contribution in [-0.4, -0.2) is 91.4 Å². The number of carbonyl (C=O) groups is 2. The molecule has 2 aliphatic rings. The molecule has 2 aliphatic heterocycles. The number of nitrogens with one attached hydrogen (secondary N) is 2. The Bertz CT molecular complexity index is 1840. The molecule has 0 unspecified atom stereocenters. The number of hydrogen-bond donors (Lipinski definition) is 2. The van der Waals surface area contributed by atoms with Crippen molar-refractivity contribution in [2.45, 2.75) is 64.6 Å². The molecule has 6 rings (SSSR count). The van der Waals surface area contributed by atoms with Crippen LogP contribution in [0.3, 0.4) is 0 Å². The van der Waals surface area contributed by atoms with Gasteiger partial charge >= 0.3 is 6.09 Å². The van der Waals surface area contributed by atoms with Crippen molar-refractivity contribution in [1.82, 2.24) is 39.8 Å². The molecule has 2 fully saturated rings. The summed E-state index contributed by atoms with van der Waals surface area (Å²) in [4.78, 5) is 33.5. The van der Waals surface area contributed by atoms with Crippen LogP contribution in [0.25, 0.3) is 28.0 Å². The summed E-state index contributed by atoms with van der Waals surface area (Å²) in [6, 6.07) is 2.55. The maximum absolute atomic E-state index is 15.6. The molecule has 2 saturated heterocycles. The Labute approximate surface area is 264 Å². The van der Waals surface area contributed by atoms with Gasteiger partial charge in [-0.1, -0.05) is 0 Å². The molecular formula is C31H38FN9O4. The number of likely N-dealkylation sites (tertiary alicyclic amines) is 1. The maximum Gasteiger partial charge on any atom is 0.410 e. The van der Waals surface area contributed by atoms with Crippen molar-refractivity contribution in [1.29, 1.82) is 0 Å². The minimum atomic E-state index is -2.70. The van der Waals surface area contributed by atoms with Crippen LogP contribution in [0.4, 0.5) is 15.0 Å². The summed E-state index contributed by atoms with van der Waals surface area (Å²) in [5.41, 5.74) is 1.43. The second kappa shape index (κ2) is 12.1. The standard InChI is InChI=1S/C31H38FN9O4/c1-18-12-19(29(42)33-5)13-22(26(18)32)23-14-34-40-16-24(27(37-28(23)40)36-20-8-11-44-17-20)25-15-35-41(38-25)21-6-9-39(10-7-21)30(43)45-31(2,3)4/h12-16,20-21H,6-11,17H2,1-5H3,(H,33,42)(H,36,37)/t20-/m0/s1/i5D3. The average Bonchev–Trinajstić information content (AvgIpc) is 3.78. The van der Waals surface area contributed by atoms with Crippen molar-refractivity contribution >= 4 is 23.5 Å². The fourth-order valence-corrected chi connectivity index (χ4v) is 5.59. The molecule has 238 valence electrons. The molecule has 0 radical (unpaired) electrons. The topological polar surface area (TPSA) is 141 Å². The van der Waals surface area contributed by atoms with Crippen LogP contribution in [-0.2, 0) is 9.47 Å². The molecule has 45 heavy (non-hydrogen) atoms. The SMILES string of the molecule is [2H]C([2H])([2H])NC(=O)c1cc(C)c(F)c(-c2cnn3cc(-c4cnn(C5CCN(C(=O)OC(C)(C)C)CC5)n4)c(N[C@H]4CCOC4)nc23)c1. The summed E-state index contributed by atoms with van der Waals surface area (Å²) in [6.45, 7) is 6.44. The van der Waals surface area contributed by atoms with Gasteiger partial charge in [-0.05, 0) is 64.7 Å². The summed E-state index contributed by atoms with van der Waals surface area (Å²) in [5, 5.41) is 19.2. The Morgan fingerprint density at radius 3 is 2.62 bits per heavy atom. The predicted molar refractivity (Wildman–Crippen MR) is 164 cm³/mol. The number of rotatable bonds is 6. The van der Waals surface area contributed by atoms with E-state index in [4.69, 9.17) is 23.7 Å². The molecule has 1 atom stereocenters. The minimum Gasteiger partial charge on any atom is -0.444 e. The van der Waals surface area contributed by atoms with Crippen molar-refractivity contribution < 1.29 is 27.6 Å². The number of amides is 2. The molecule has 0 aliphatic carbocycles. The molecule has 14 heteroatoms. The van der Waals surface area contributed by atoms with Crippen LogP contribution in [0.5, 0.6) is 0 Å². The number of anilines is 1. The Morgan fingerprint density at radius 1 is 1.11 bits per heavy atom. The van der Waals surface area contributed by atoms with Gasteiger partial charge in [0, 0.05) is 53.7 Å². The minimum absolute atomic E-state index is 0.00834. The first-order valence-corrected chi connectivity index (χ1v) is 14.9. The number of fused-ring (bicyclic) bond motifs is 1. The van der Waals surface area contributed by atoms with Crippen LogP contribution in [0.1, 0.15) is 66.1 Å². The lowest BCUT2D eigenvalue weighted by Gasteiger charge is -2.33. The Hall–Kier alpha value is -4.59. The molecule has 1 aromatic carbocycles. The number of nitrogens with zero attached hydrogens (tertiary/aromatic N) is 7. The monoisotopic (exact) mass is 622 g/mol. The van der Waals surface area contributed by atoms with Gasteiger partial charge < -0.3 is 25.0 Å². The fourth-order valence-electron chi connectivity index (χ4n) is 5.59. The summed E-state index contributed by atoms with van der Waals surface area (Å²) in [7, 11) is 0. The van der Waals surface area contributed by atoms with Gasteiger partial charge in [0.2, 0.25) is 0 Å². The van der Waals surface area contributed by atoms with Gasteiger partial charge in [-0.3, -0.25) is 4.79 Å². The van der Waals surface area contributed by atoms with E-state index < -0.39 is 24.3 Å². The molecule has 0 bridgehead atoms. The normalized spacial score (nSPS) is 18.8. The van der Waals surface area contributed by atoms with Crippen LogP contribution < -0.4 is 10.6 Å². The van der Waals surface area contributed by atoms with Crippen LogP contribution in [0.15, 0.2) is 30.7 Å². The second-order valence-corrected chi connectivity index (χ2v) is 12.4. The highest BCUT2D eigenvalue weighted by Gasteiger charge is 2.29. The number of piperidine rings is 1. The van der Waals surface area contributed by atoms with E-state index in [2.05, 4.69) is 15.5 Å². The van der Waals surface area contributed by atoms with Crippen molar-refractivity contribution in [3.8, 4) is 22.4 Å². The summed E-state index contributed by atoms with van der Waals surface area (Å²) < 4.78 is 50.3. The lowest BCUT2D eigenvalue weighted by atomic mass is 10.0. The summed E-state index contributed by atoms with van der Waals surface area (Å²) in [5.74, 6) is -0.964. The zero-order chi connectivity index (χ0) is 34.4.